The van der Waals surface area contributed by atoms with Gasteiger partial charge in [-0.05, 0) is 24.3 Å². The van der Waals surface area contributed by atoms with Gasteiger partial charge >= 0.3 is 6.18 Å². The summed E-state index contributed by atoms with van der Waals surface area (Å²) in [5, 5.41) is 12.9. The SMILES string of the molecule is Cn1ccnc1CNc1c(C#N)c(=O)n(-c2ccccc2)c2nc(C(F)(F)F)ccc12. The first-order valence-electron chi connectivity index (χ1n) is 9.14. The molecule has 0 aliphatic heterocycles. The highest BCUT2D eigenvalue weighted by molar-refractivity contribution is 5.93. The number of nitriles is 1. The summed E-state index contributed by atoms with van der Waals surface area (Å²) in [4.78, 5) is 21.1. The fourth-order valence-corrected chi connectivity index (χ4v) is 3.26. The molecule has 156 valence electrons. The second-order valence-electron chi connectivity index (χ2n) is 6.71. The largest absolute Gasteiger partial charge is 0.433 e. The van der Waals surface area contributed by atoms with Crippen molar-refractivity contribution in [3.05, 3.63) is 82.3 Å². The molecule has 0 unspecified atom stereocenters. The number of nitrogens with one attached hydrogen (secondary N) is 1. The molecule has 31 heavy (non-hydrogen) atoms. The minimum absolute atomic E-state index is 0.110. The molecule has 0 atom stereocenters. The Morgan fingerprint density at radius 2 is 1.90 bits per heavy atom. The summed E-state index contributed by atoms with van der Waals surface area (Å²) >= 11 is 0. The summed E-state index contributed by atoms with van der Waals surface area (Å²) in [5.74, 6) is 0.615. The van der Waals surface area contributed by atoms with Crippen molar-refractivity contribution in [2.45, 2.75) is 12.7 Å². The maximum atomic E-state index is 13.3. The van der Waals surface area contributed by atoms with E-state index in [4.69, 9.17) is 0 Å². The van der Waals surface area contributed by atoms with Crippen LogP contribution < -0.4 is 10.9 Å². The Kier molecular flexibility index (Phi) is 4.94. The number of alkyl halides is 3. The lowest BCUT2D eigenvalue weighted by atomic mass is 10.1. The molecule has 0 aliphatic carbocycles. The zero-order valence-corrected chi connectivity index (χ0v) is 16.2. The lowest BCUT2D eigenvalue weighted by Gasteiger charge is -2.17. The normalized spacial score (nSPS) is 11.5. The van der Waals surface area contributed by atoms with Gasteiger partial charge in [-0.2, -0.15) is 18.4 Å². The van der Waals surface area contributed by atoms with E-state index in [0.717, 1.165) is 10.6 Å². The first kappa shape index (κ1) is 20.2. The summed E-state index contributed by atoms with van der Waals surface area (Å²) in [6.45, 7) is 0.156. The number of pyridine rings is 2. The third kappa shape index (κ3) is 3.61. The van der Waals surface area contributed by atoms with Crippen LogP contribution in [-0.4, -0.2) is 19.1 Å². The number of imidazole rings is 1. The minimum Gasteiger partial charge on any atom is -0.376 e. The Morgan fingerprint density at radius 3 is 2.52 bits per heavy atom. The zero-order chi connectivity index (χ0) is 22.2. The zero-order valence-electron chi connectivity index (χ0n) is 16.2. The number of fused-ring (bicyclic) bond motifs is 1. The van der Waals surface area contributed by atoms with Gasteiger partial charge in [0.1, 0.15) is 28.8 Å². The molecular formula is C21H15F3N6O. The van der Waals surface area contributed by atoms with E-state index in [2.05, 4.69) is 15.3 Å². The Morgan fingerprint density at radius 1 is 1.16 bits per heavy atom. The van der Waals surface area contributed by atoms with Crippen LogP contribution in [0.2, 0.25) is 0 Å². The molecule has 1 aromatic carbocycles. The molecule has 0 fully saturated rings. The standard InChI is InChI=1S/C21H15F3N6O/c1-29-10-9-26-17(29)12-27-18-14-7-8-16(21(22,23)24)28-19(14)30(20(31)15(18)11-25)13-5-3-2-4-6-13/h2-10,27H,12H2,1H3. The van der Waals surface area contributed by atoms with Crippen molar-refractivity contribution in [2.24, 2.45) is 7.05 Å². The van der Waals surface area contributed by atoms with Crippen molar-refractivity contribution in [1.82, 2.24) is 19.1 Å². The molecule has 0 saturated heterocycles. The fraction of sp³-hybridized carbons (Fsp3) is 0.143. The van der Waals surface area contributed by atoms with Crippen molar-refractivity contribution in [1.29, 1.82) is 5.26 Å². The van der Waals surface area contributed by atoms with E-state index in [0.29, 0.717) is 11.5 Å². The van der Waals surface area contributed by atoms with Gasteiger partial charge in [0, 0.05) is 24.8 Å². The average Bonchev–Trinajstić information content (AvgIpc) is 3.16. The molecule has 0 aliphatic rings. The predicted octanol–water partition coefficient (Wildman–Crippen LogP) is 3.62. The number of hydrogen-bond acceptors (Lipinski definition) is 5. The maximum Gasteiger partial charge on any atom is 0.433 e. The first-order valence-corrected chi connectivity index (χ1v) is 9.14. The molecule has 0 radical (unpaired) electrons. The fourth-order valence-electron chi connectivity index (χ4n) is 3.26. The van der Waals surface area contributed by atoms with Gasteiger partial charge in [0.2, 0.25) is 0 Å². The van der Waals surface area contributed by atoms with Gasteiger partial charge < -0.3 is 9.88 Å². The Bertz CT molecular complexity index is 1370. The molecule has 0 bridgehead atoms. The van der Waals surface area contributed by atoms with Crippen LogP contribution in [0.15, 0.2) is 59.7 Å². The Balaban J connectivity index is 2.01. The van der Waals surface area contributed by atoms with Crippen LogP contribution in [0.3, 0.4) is 0 Å². The molecule has 4 aromatic rings. The number of anilines is 1. The number of hydrogen-bond donors (Lipinski definition) is 1. The number of nitrogens with zero attached hydrogens (tertiary/aromatic N) is 5. The van der Waals surface area contributed by atoms with E-state index in [9.17, 15) is 23.2 Å². The van der Waals surface area contributed by atoms with E-state index in [1.54, 1.807) is 54.3 Å². The van der Waals surface area contributed by atoms with Crippen molar-refractivity contribution in [3.63, 3.8) is 0 Å². The molecule has 0 amide bonds. The molecule has 10 heteroatoms. The molecule has 7 nitrogen and oxygen atoms in total. The van der Waals surface area contributed by atoms with Crippen molar-refractivity contribution in [2.75, 3.05) is 5.32 Å². The third-order valence-electron chi connectivity index (χ3n) is 4.78. The lowest BCUT2D eigenvalue weighted by Crippen LogP contribution is -2.25. The van der Waals surface area contributed by atoms with Crippen LogP contribution in [0.5, 0.6) is 0 Å². The topological polar surface area (TPSA) is 88.5 Å². The molecule has 0 spiro atoms. The van der Waals surface area contributed by atoms with Crippen molar-refractivity contribution >= 4 is 16.7 Å². The van der Waals surface area contributed by atoms with Gasteiger partial charge in [-0.15, -0.1) is 0 Å². The van der Waals surface area contributed by atoms with Crippen molar-refractivity contribution in [3.8, 4) is 11.8 Å². The van der Waals surface area contributed by atoms with E-state index < -0.39 is 17.4 Å². The summed E-state index contributed by atoms with van der Waals surface area (Å²) in [6.07, 6.45) is -1.38. The average molecular weight is 424 g/mol. The predicted molar refractivity (Wildman–Crippen MR) is 108 cm³/mol. The second-order valence-corrected chi connectivity index (χ2v) is 6.71. The highest BCUT2D eigenvalue weighted by Crippen LogP contribution is 2.32. The summed E-state index contributed by atoms with van der Waals surface area (Å²) in [5.41, 5.74) is -1.92. The smallest absolute Gasteiger partial charge is 0.376 e. The Hall–Kier alpha value is -4.13. The van der Waals surface area contributed by atoms with Gasteiger partial charge in [-0.3, -0.25) is 9.36 Å². The maximum absolute atomic E-state index is 13.3. The van der Waals surface area contributed by atoms with Gasteiger partial charge in [0.25, 0.3) is 5.56 Å². The van der Waals surface area contributed by atoms with Crippen LogP contribution in [0, 0.1) is 11.3 Å². The Labute approximate surface area is 174 Å². The van der Waals surface area contributed by atoms with Crippen LogP contribution in [0.25, 0.3) is 16.7 Å². The van der Waals surface area contributed by atoms with E-state index in [-0.39, 0.29) is 28.8 Å². The first-order chi connectivity index (χ1) is 14.8. The molecule has 3 heterocycles. The quantitative estimate of drug-likeness (QED) is 0.541. The molecule has 1 N–H and O–H groups in total. The van der Waals surface area contributed by atoms with Gasteiger partial charge in [0.15, 0.2) is 0 Å². The summed E-state index contributed by atoms with van der Waals surface area (Å²) < 4.78 is 42.8. The van der Waals surface area contributed by atoms with Crippen LogP contribution >= 0.6 is 0 Å². The van der Waals surface area contributed by atoms with Crippen LogP contribution in [0.4, 0.5) is 18.9 Å². The number of rotatable bonds is 4. The monoisotopic (exact) mass is 424 g/mol. The third-order valence-corrected chi connectivity index (χ3v) is 4.78. The summed E-state index contributed by atoms with van der Waals surface area (Å²) in [7, 11) is 1.78. The van der Waals surface area contributed by atoms with Crippen molar-refractivity contribution < 1.29 is 13.2 Å². The highest BCUT2D eigenvalue weighted by Gasteiger charge is 2.33. The minimum atomic E-state index is -4.69. The molecule has 3 aromatic heterocycles. The van der Waals surface area contributed by atoms with Gasteiger partial charge in [-0.1, -0.05) is 18.2 Å². The summed E-state index contributed by atoms with van der Waals surface area (Å²) in [6, 6.07) is 12.0. The van der Waals surface area contributed by atoms with Gasteiger partial charge in [-0.25, -0.2) is 9.97 Å². The number of aromatic nitrogens is 4. The highest BCUT2D eigenvalue weighted by atomic mass is 19.4. The molecular weight excluding hydrogens is 409 g/mol. The molecule has 4 rings (SSSR count). The second kappa shape index (κ2) is 7.60. The number of benzene rings is 1. The van der Waals surface area contributed by atoms with E-state index in [1.165, 1.54) is 6.07 Å². The van der Waals surface area contributed by atoms with Crippen LogP contribution in [0.1, 0.15) is 17.1 Å². The lowest BCUT2D eigenvalue weighted by molar-refractivity contribution is -0.141. The van der Waals surface area contributed by atoms with E-state index in [1.807, 2.05) is 6.07 Å². The van der Waals surface area contributed by atoms with Crippen LogP contribution in [-0.2, 0) is 19.8 Å². The van der Waals surface area contributed by atoms with E-state index >= 15 is 0 Å². The number of aryl methyl sites for hydroxylation is 1. The number of halogens is 3. The van der Waals surface area contributed by atoms with Gasteiger partial charge in [0.05, 0.1) is 17.9 Å². The number of para-hydroxylation sites is 1. The molecule has 0 saturated carbocycles.